The minimum absolute atomic E-state index is 0.493. The van der Waals surface area contributed by atoms with E-state index in [1.165, 1.54) is 0 Å². The van der Waals surface area contributed by atoms with E-state index in [9.17, 15) is 13.2 Å². The van der Waals surface area contributed by atoms with Crippen LogP contribution in [0.5, 0.6) is 0 Å². The largest absolute Gasteiger partial charge is 0.325 e. The highest BCUT2D eigenvalue weighted by Crippen LogP contribution is 2.09. The standard InChI is InChI=1S/C13H20N2O3S/c1-3-8-14-9-11-4-6-12(7-5-11)15-13(16)10-19(2,17)18/h4-7,14H,3,8-10H2,1-2H3,(H,15,16). The fraction of sp³-hybridized carbons (Fsp3) is 0.462. The van der Waals surface area contributed by atoms with Crippen LogP contribution in [-0.2, 0) is 21.2 Å². The van der Waals surface area contributed by atoms with Crippen molar-refractivity contribution in [1.29, 1.82) is 0 Å². The van der Waals surface area contributed by atoms with E-state index in [0.717, 1.165) is 31.3 Å². The predicted molar refractivity (Wildman–Crippen MR) is 76.8 cm³/mol. The molecule has 0 bridgehead atoms. The maximum absolute atomic E-state index is 11.4. The number of rotatable bonds is 7. The fourth-order valence-corrected chi connectivity index (χ4v) is 2.10. The van der Waals surface area contributed by atoms with Gasteiger partial charge in [-0.3, -0.25) is 4.79 Å². The molecule has 0 radical (unpaired) electrons. The van der Waals surface area contributed by atoms with E-state index in [2.05, 4.69) is 17.6 Å². The third kappa shape index (κ3) is 6.93. The summed E-state index contributed by atoms with van der Waals surface area (Å²) in [5.74, 6) is -1.01. The van der Waals surface area contributed by atoms with E-state index in [-0.39, 0.29) is 0 Å². The lowest BCUT2D eigenvalue weighted by atomic mass is 10.2. The Morgan fingerprint density at radius 1 is 1.21 bits per heavy atom. The molecule has 5 nitrogen and oxygen atoms in total. The van der Waals surface area contributed by atoms with Gasteiger partial charge in [0.25, 0.3) is 0 Å². The van der Waals surface area contributed by atoms with Crippen molar-refractivity contribution in [2.24, 2.45) is 0 Å². The number of sulfone groups is 1. The highest BCUT2D eigenvalue weighted by molar-refractivity contribution is 7.91. The lowest BCUT2D eigenvalue weighted by molar-refractivity contribution is -0.113. The number of anilines is 1. The van der Waals surface area contributed by atoms with Crippen molar-refractivity contribution in [2.45, 2.75) is 19.9 Å². The van der Waals surface area contributed by atoms with Crippen LogP contribution in [0.25, 0.3) is 0 Å². The normalized spacial score (nSPS) is 11.3. The van der Waals surface area contributed by atoms with Crippen LogP contribution in [0.15, 0.2) is 24.3 Å². The zero-order valence-corrected chi connectivity index (χ0v) is 12.1. The van der Waals surface area contributed by atoms with Gasteiger partial charge >= 0.3 is 0 Å². The molecule has 0 aliphatic rings. The van der Waals surface area contributed by atoms with Gasteiger partial charge in [-0.1, -0.05) is 19.1 Å². The lowest BCUT2D eigenvalue weighted by Gasteiger charge is -2.07. The fourth-order valence-electron chi connectivity index (χ4n) is 1.55. The first kappa shape index (κ1) is 15.7. The van der Waals surface area contributed by atoms with Gasteiger partial charge in [-0.15, -0.1) is 0 Å². The first-order valence-electron chi connectivity index (χ1n) is 6.18. The van der Waals surface area contributed by atoms with Crippen LogP contribution in [0.2, 0.25) is 0 Å². The average Bonchev–Trinajstić information content (AvgIpc) is 2.29. The molecule has 1 rings (SSSR count). The van der Waals surface area contributed by atoms with Crippen molar-refractivity contribution in [1.82, 2.24) is 5.32 Å². The lowest BCUT2D eigenvalue weighted by Crippen LogP contribution is -2.21. The highest BCUT2D eigenvalue weighted by Gasteiger charge is 2.10. The summed E-state index contributed by atoms with van der Waals surface area (Å²) in [5.41, 5.74) is 1.72. The Morgan fingerprint density at radius 3 is 2.37 bits per heavy atom. The molecule has 0 fully saturated rings. The van der Waals surface area contributed by atoms with Gasteiger partial charge in [-0.25, -0.2) is 8.42 Å². The summed E-state index contributed by atoms with van der Waals surface area (Å²) in [6.07, 6.45) is 2.12. The molecule has 1 aromatic carbocycles. The molecule has 0 aliphatic carbocycles. The Morgan fingerprint density at radius 2 is 1.84 bits per heavy atom. The zero-order valence-electron chi connectivity index (χ0n) is 11.3. The van der Waals surface area contributed by atoms with E-state index in [1.807, 2.05) is 12.1 Å². The maximum Gasteiger partial charge on any atom is 0.239 e. The molecule has 106 valence electrons. The maximum atomic E-state index is 11.4. The van der Waals surface area contributed by atoms with E-state index in [4.69, 9.17) is 0 Å². The quantitative estimate of drug-likeness (QED) is 0.737. The number of hydrogen-bond acceptors (Lipinski definition) is 4. The van der Waals surface area contributed by atoms with Gasteiger partial charge < -0.3 is 10.6 Å². The topological polar surface area (TPSA) is 75.3 Å². The number of hydrogen-bond donors (Lipinski definition) is 2. The number of amides is 1. The number of carbonyl (C=O) groups excluding carboxylic acids is 1. The summed E-state index contributed by atoms with van der Waals surface area (Å²) in [6.45, 7) is 3.85. The van der Waals surface area contributed by atoms with Crippen molar-refractivity contribution in [3.8, 4) is 0 Å². The monoisotopic (exact) mass is 284 g/mol. The molecule has 0 spiro atoms. The van der Waals surface area contributed by atoms with E-state index >= 15 is 0 Å². The van der Waals surface area contributed by atoms with Crippen molar-refractivity contribution >= 4 is 21.4 Å². The number of carbonyl (C=O) groups is 1. The summed E-state index contributed by atoms with van der Waals surface area (Å²) in [5, 5.41) is 5.83. The summed E-state index contributed by atoms with van der Waals surface area (Å²) in [6, 6.07) is 7.34. The Labute approximate surface area is 114 Å². The van der Waals surface area contributed by atoms with Gasteiger partial charge in [0.2, 0.25) is 5.91 Å². The molecular formula is C13H20N2O3S. The van der Waals surface area contributed by atoms with Crippen LogP contribution in [0, 0.1) is 0 Å². The first-order chi connectivity index (χ1) is 8.90. The third-order valence-electron chi connectivity index (χ3n) is 2.39. The third-order valence-corrected chi connectivity index (χ3v) is 3.17. The Hall–Kier alpha value is -1.40. The molecule has 0 atom stereocenters. The van der Waals surface area contributed by atoms with Gasteiger partial charge in [0.1, 0.15) is 5.75 Å². The molecule has 0 unspecified atom stereocenters. The Bertz CT molecular complexity index is 509. The summed E-state index contributed by atoms with van der Waals surface area (Å²) in [4.78, 5) is 11.4. The molecule has 0 saturated carbocycles. The van der Waals surface area contributed by atoms with Crippen LogP contribution in [0.1, 0.15) is 18.9 Å². The van der Waals surface area contributed by atoms with Crippen LogP contribution in [0.3, 0.4) is 0 Å². The molecule has 6 heteroatoms. The SMILES string of the molecule is CCCNCc1ccc(NC(=O)CS(C)(=O)=O)cc1. The van der Waals surface area contributed by atoms with E-state index in [0.29, 0.717) is 5.69 Å². The summed E-state index contributed by atoms with van der Waals surface area (Å²) < 4.78 is 21.9. The van der Waals surface area contributed by atoms with Gasteiger partial charge in [0, 0.05) is 18.5 Å². The second-order valence-electron chi connectivity index (χ2n) is 4.49. The smallest absolute Gasteiger partial charge is 0.239 e. The molecule has 0 aliphatic heterocycles. The van der Waals surface area contributed by atoms with Crippen LogP contribution >= 0.6 is 0 Å². The van der Waals surface area contributed by atoms with Crippen LogP contribution in [0.4, 0.5) is 5.69 Å². The van der Waals surface area contributed by atoms with Crippen LogP contribution in [-0.4, -0.2) is 32.9 Å². The Balaban J connectivity index is 2.50. The average molecular weight is 284 g/mol. The Kier molecular flexibility index (Phi) is 5.98. The van der Waals surface area contributed by atoms with Gasteiger partial charge in [-0.2, -0.15) is 0 Å². The van der Waals surface area contributed by atoms with E-state index < -0.39 is 21.5 Å². The minimum atomic E-state index is -3.29. The van der Waals surface area contributed by atoms with Crippen molar-refractivity contribution in [3.63, 3.8) is 0 Å². The molecule has 2 N–H and O–H groups in total. The van der Waals surface area contributed by atoms with Gasteiger partial charge in [0.05, 0.1) is 0 Å². The second-order valence-corrected chi connectivity index (χ2v) is 6.63. The number of nitrogens with one attached hydrogen (secondary N) is 2. The summed E-state index contributed by atoms with van der Waals surface area (Å²) in [7, 11) is -3.29. The highest BCUT2D eigenvalue weighted by atomic mass is 32.2. The van der Waals surface area contributed by atoms with Gasteiger partial charge in [0.15, 0.2) is 9.84 Å². The molecule has 1 aromatic rings. The van der Waals surface area contributed by atoms with E-state index in [1.54, 1.807) is 12.1 Å². The minimum Gasteiger partial charge on any atom is -0.325 e. The molecule has 0 saturated heterocycles. The molecular weight excluding hydrogens is 264 g/mol. The molecule has 0 aromatic heterocycles. The first-order valence-corrected chi connectivity index (χ1v) is 8.24. The number of benzene rings is 1. The predicted octanol–water partition coefficient (Wildman–Crippen LogP) is 1.17. The van der Waals surface area contributed by atoms with Crippen molar-refractivity contribution in [2.75, 3.05) is 23.9 Å². The van der Waals surface area contributed by atoms with Crippen molar-refractivity contribution < 1.29 is 13.2 Å². The van der Waals surface area contributed by atoms with Gasteiger partial charge in [-0.05, 0) is 30.7 Å². The molecule has 1 amide bonds. The molecule has 0 heterocycles. The molecule has 19 heavy (non-hydrogen) atoms. The van der Waals surface area contributed by atoms with Crippen LogP contribution < -0.4 is 10.6 Å². The zero-order chi connectivity index (χ0) is 14.3. The second kappa shape index (κ2) is 7.25. The van der Waals surface area contributed by atoms with Crippen molar-refractivity contribution in [3.05, 3.63) is 29.8 Å². The summed E-state index contributed by atoms with van der Waals surface area (Å²) >= 11 is 0.